The Balaban J connectivity index is 0.661. The third-order valence-corrected chi connectivity index (χ3v) is 15.0. The van der Waals surface area contributed by atoms with Gasteiger partial charge in [0.1, 0.15) is 17.4 Å². The minimum absolute atomic E-state index is 0.0115. The lowest BCUT2D eigenvalue weighted by atomic mass is 9.67. The number of ether oxygens (including phenoxy) is 1. The number of imidazole rings is 1. The molecule has 4 aliphatic heterocycles. The van der Waals surface area contributed by atoms with Crippen LogP contribution in [0.2, 0.25) is 0 Å². The maximum Gasteiger partial charge on any atom is 0.329 e. The lowest BCUT2D eigenvalue weighted by Gasteiger charge is -2.48. The van der Waals surface area contributed by atoms with Gasteiger partial charge in [-0.05, 0) is 80.9 Å². The number of alkyl halides is 2. The smallest absolute Gasteiger partial charge is 0.329 e. The molecule has 3 amide bonds. The quantitative estimate of drug-likeness (QED) is 0.164. The fraction of sp³-hybridized carbons (Fsp3) is 0.578. The first-order chi connectivity index (χ1) is 31.4. The summed E-state index contributed by atoms with van der Waals surface area (Å²) in [4.78, 5) is 63.3. The maximum atomic E-state index is 14.3. The van der Waals surface area contributed by atoms with Crippen molar-refractivity contribution in [3.05, 3.63) is 70.2 Å². The lowest BCUT2D eigenvalue weighted by Crippen LogP contribution is -2.56. The zero-order valence-electron chi connectivity index (χ0n) is 36.3. The molecule has 11 rings (SSSR count). The number of morpholine rings is 1. The number of piperazine rings is 1. The summed E-state index contributed by atoms with van der Waals surface area (Å²) < 4.78 is 40.6. The van der Waals surface area contributed by atoms with Gasteiger partial charge in [0.05, 0.1) is 53.3 Å². The molecule has 65 heavy (non-hydrogen) atoms. The van der Waals surface area contributed by atoms with Crippen molar-refractivity contribution in [2.75, 3.05) is 62.6 Å². The Labute approximate surface area is 372 Å². The second-order valence-corrected chi connectivity index (χ2v) is 19.2. The predicted molar refractivity (Wildman–Crippen MR) is 233 cm³/mol. The molecule has 4 aromatic heterocycles. The number of aromatic nitrogens is 7. The minimum atomic E-state index is -2.87. The van der Waals surface area contributed by atoms with E-state index in [1.165, 1.54) is 21.5 Å². The molecule has 2 aliphatic carbocycles. The lowest BCUT2D eigenvalue weighted by molar-refractivity contribution is -0.135. The van der Waals surface area contributed by atoms with Crippen LogP contribution in [-0.4, -0.2) is 136 Å². The first-order valence-electron chi connectivity index (χ1n) is 23.0. The molecule has 0 spiro atoms. The van der Waals surface area contributed by atoms with Crippen molar-refractivity contribution in [2.45, 2.75) is 100.0 Å². The highest BCUT2D eigenvalue weighted by Crippen LogP contribution is 2.47. The number of nitrogens with zero attached hydrogens (tertiary/aromatic N) is 10. The van der Waals surface area contributed by atoms with Gasteiger partial charge >= 0.3 is 5.69 Å². The van der Waals surface area contributed by atoms with Gasteiger partial charge in [0, 0.05) is 71.7 Å². The van der Waals surface area contributed by atoms with Gasteiger partial charge in [-0.15, -0.1) is 0 Å². The van der Waals surface area contributed by atoms with Crippen molar-refractivity contribution in [2.24, 2.45) is 13.0 Å². The Morgan fingerprint density at radius 1 is 1.03 bits per heavy atom. The van der Waals surface area contributed by atoms with Crippen molar-refractivity contribution in [1.82, 2.24) is 48.6 Å². The van der Waals surface area contributed by atoms with E-state index in [-0.39, 0.29) is 59.8 Å². The van der Waals surface area contributed by atoms with Crippen molar-refractivity contribution in [1.29, 1.82) is 0 Å². The van der Waals surface area contributed by atoms with E-state index in [4.69, 9.17) is 9.72 Å². The summed E-state index contributed by atoms with van der Waals surface area (Å²) in [6.45, 7) is 6.39. The highest BCUT2D eigenvalue weighted by molar-refractivity contribution is 6.08. The second-order valence-electron chi connectivity index (χ2n) is 19.2. The van der Waals surface area contributed by atoms with Crippen LogP contribution < -0.4 is 21.2 Å². The van der Waals surface area contributed by atoms with E-state index in [0.717, 1.165) is 88.3 Å². The summed E-state index contributed by atoms with van der Waals surface area (Å²) in [5.41, 5.74) is 1.35. The van der Waals surface area contributed by atoms with Gasteiger partial charge in [0.2, 0.25) is 11.8 Å². The van der Waals surface area contributed by atoms with Crippen LogP contribution in [0.15, 0.2) is 47.7 Å². The summed E-state index contributed by atoms with van der Waals surface area (Å²) in [7, 11) is 1.71. The number of benzene rings is 1. The molecule has 3 N–H and O–H groups in total. The molecule has 5 aromatic rings. The molecule has 1 aromatic carbocycles. The maximum absolute atomic E-state index is 14.3. The molecule has 20 heteroatoms. The molecule has 6 fully saturated rings. The van der Waals surface area contributed by atoms with Gasteiger partial charge in [-0.2, -0.15) is 10.2 Å². The summed E-state index contributed by atoms with van der Waals surface area (Å²) in [6.07, 6.45) is 8.03. The van der Waals surface area contributed by atoms with Crippen LogP contribution in [0, 0.1) is 5.92 Å². The minimum Gasteiger partial charge on any atom is -0.389 e. The van der Waals surface area contributed by atoms with Gasteiger partial charge in [-0.25, -0.2) is 23.1 Å². The third kappa shape index (κ3) is 7.70. The molecule has 3 atom stereocenters. The van der Waals surface area contributed by atoms with E-state index >= 15 is 0 Å². The van der Waals surface area contributed by atoms with Crippen LogP contribution in [0.25, 0.3) is 16.7 Å². The number of carbonyl (C=O) groups excluding carboxylic acids is 3. The van der Waals surface area contributed by atoms with Crippen LogP contribution in [0.4, 0.5) is 20.3 Å². The number of aryl methyl sites for hydroxylation is 1. The van der Waals surface area contributed by atoms with Crippen LogP contribution >= 0.6 is 0 Å². The SMILES string of the molecule is Cn1c(=O)n(C2CCC(=O)NC2=O)c2cccc(C3CC(O)(CN4CCN(CC5CCC(n6cc(NC(=O)c7cnn8ccc(N9CC%10CC9CO%10)nc78)c(C(F)F)n6)CC5)CC4)C3)c21. The van der Waals surface area contributed by atoms with Crippen molar-refractivity contribution in [3.8, 4) is 0 Å². The molecular formula is C45H54F2N12O6. The molecule has 6 aliphatic rings. The molecular weight excluding hydrogens is 843 g/mol. The highest BCUT2D eigenvalue weighted by Gasteiger charge is 2.46. The van der Waals surface area contributed by atoms with E-state index < -0.39 is 35.6 Å². The molecule has 2 bridgehead atoms. The number of carbonyl (C=O) groups is 3. The number of rotatable bonds is 11. The standard InChI is InChI=1S/C45H54F2N12O6/c1-53-39-31(3-2-4-34(39)59(44(53)63)35-9-10-37(60)51-43(35)62)27-18-45(64,19-27)25-55-15-13-54(14-16-55)21-26-5-7-28(8-6-26)58-23-33(38(52-58)40(46)47)49-42(61)32-20-48-57-12-11-36(50-41(32)57)56-22-30-17-29(56)24-65-30/h2-4,11-12,20,23,26-30,35,40,64H,5-10,13-19,21-22,24-25H2,1H3,(H,49,61)(H,51,60,62). The molecule has 3 unspecified atom stereocenters. The van der Waals surface area contributed by atoms with E-state index in [1.807, 2.05) is 24.3 Å². The Kier molecular flexibility index (Phi) is 10.6. The average molecular weight is 897 g/mol. The summed E-state index contributed by atoms with van der Waals surface area (Å²) >= 11 is 0. The van der Waals surface area contributed by atoms with E-state index in [0.29, 0.717) is 43.1 Å². The van der Waals surface area contributed by atoms with Crippen LogP contribution in [0.5, 0.6) is 0 Å². The van der Waals surface area contributed by atoms with Gasteiger partial charge in [0.25, 0.3) is 12.3 Å². The van der Waals surface area contributed by atoms with Gasteiger partial charge < -0.3 is 25.0 Å². The zero-order valence-corrected chi connectivity index (χ0v) is 36.3. The number of piperidine rings is 1. The molecule has 8 heterocycles. The van der Waals surface area contributed by atoms with Gasteiger partial charge in [0.15, 0.2) is 11.3 Å². The number of hydrogen-bond acceptors (Lipinski definition) is 12. The average Bonchev–Trinajstić information content (AvgIpc) is 4.14. The normalized spacial score (nSPS) is 28.7. The van der Waals surface area contributed by atoms with Gasteiger partial charge in [-0.3, -0.25) is 38.4 Å². The Morgan fingerprint density at radius 3 is 2.54 bits per heavy atom. The first kappa shape index (κ1) is 42.1. The number of anilines is 2. The largest absolute Gasteiger partial charge is 0.389 e. The van der Waals surface area contributed by atoms with Gasteiger partial charge in [-0.1, -0.05) is 12.1 Å². The van der Waals surface area contributed by atoms with E-state index in [2.05, 4.69) is 35.5 Å². The molecule has 18 nitrogen and oxygen atoms in total. The number of para-hydroxylation sites is 1. The van der Waals surface area contributed by atoms with Crippen LogP contribution in [0.1, 0.15) is 104 Å². The monoisotopic (exact) mass is 896 g/mol. The number of β-amino-alcohol motifs (C(OH)–C–C–N with tert-alkyl or cyclic N) is 1. The molecule has 2 saturated carbocycles. The van der Waals surface area contributed by atoms with E-state index in [1.54, 1.807) is 22.5 Å². The Bertz CT molecular complexity index is 2720. The van der Waals surface area contributed by atoms with Crippen molar-refractivity contribution >= 4 is 45.9 Å². The number of halogens is 2. The van der Waals surface area contributed by atoms with Crippen molar-refractivity contribution in [3.63, 3.8) is 0 Å². The summed E-state index contributed by atoms with van der Waals surface area (Å²) in [5, 5.41) is 25.3. The fourth-order valence-corrected chi connectivity index (χ4v) is 11.6. The number of hydrogen-bond donors (Lipinski definition) is 3. The number of nitrogens with one attached hydrogen (secondary N) is 2. The highest BCUT2D eigenvalue weighted by atomic mass is 19.3. The first-order valence-corrected chi connectivity index (χ1v) is 23.0. The third-order valence-electron chi connectivity index (χ3n) is 15.0. The van der Waals surface area contributed by atoms with E-state index in [9.17, 15) is 33.1 Å². The molecule has 0 radical (unpaired) electrons. The molecule has 344 valence electrons. The number of imide groups is 1. The Hall–Kier alpha value is -5.57. The van der Waals surface area contributed by atoms with Crippen LogP contribution in [-0.2, 0) is 21.4 Å². The number of aliphatic hydroxyl groups is 1. The number of fused-ring (bicyclic) bond motifs is 4. The Morgan fingerprint density at radius 2 is 1.82 bits per heavy atom. The van der Waals surface area contributed by atoms with Crippen molar-refractivity contribution < 1.29 is 33.0 Å². The molecule has 4 saturated heterocycles. The van der Waals surface area contributed by atoms with Crippen LogP contribution in [0.3, 0.4) is 0 Å². The predicted octanol–water partition coefficient (Wildman–Crippen LogP) is 3.38. The fourth-order valence-electron chi connectivity index (χ4n) is 11.6. The zero-order chi connectivity index (χ0) is 44.7. The second kappa shape index (κ2) is 16.4. The topological polar surface area (TPSA) is 189 Å². The number of amides is 3. The summed E-state index contributed by atoms with van der Waals surface area (Å²) in [6, 6.07) is 7.05. The summed E-state index contributed by atoms with van der Waals surface area (Å²) in [5.74, 6) is -0.0949.